The van der Waals surface area contributed by atoms with Gasteiger partial charge in [0, 0.05) is 22.7 Å². The lowest BCUT2D eigenvalue weighted by Gasteiger charge is -2.36. The highest BCUT2D eigenvalue weighted by molar-refractivity contribution is 6.08. The topological polar surface area (TPSA) is 101 Å². The van der Waals surface area contributed by atoms with Crippen molar-refractivity contribution in [3.8, 4) is 0 Å². The van der Waals surface area contributed by atoms with Crippen LogP contribution in [0.4, 0.5) is 5.69 Å². The molecule has 1 amide bonds. The maximum absolute atomic E-state index is 14.5. The number of para-hydroxylation sites is 1. The van der Waals surface area contributed by atoms with E-state index in [1.54, 1.807) is 29.2 Å². The molecule has 1 aliphatic rings. The van der Waals surface area contributed by atoms with E-state index in [-0.39, 0.29) is 11.5 Å². The Morgan fingerprint density at radius 3 is 2.18 bits per heavy atom. The highest BCUT2D eigenvalue weighted by atomic mass is 16.6. The fraction of sp³-hybridized carbons (Fsp3) is 0.154. The van der Waals surface area contributed by atoms with Crippen LogP contribution in [-0.4, -0.2) is 27.2 Å². The minimum atomic E-state index is -1.54. The van der Waals surface area contributed by atoms with Gasteiger partial charge in [-0.25, -0.2) is 0 Å². The first-order valence-corrected chi connectivity index (χ1v) is 10.9. The summed E-state index contributed by atoms with van der Waals surface area (Å²) in [5, 5.41) is 14.6. The second kappa shape index (κ2) is 8.47. The number of fused-ring (bicyclic) bond motifs is 1. The number of amides is 1. The fourth-order valence-corrected chi connectivity index (χ4v) is 4.98. The third-order valence-electron chi connectivity index (χ3n) is 6.38. The van der Waals surface area contributed by atoms with Crippen LogP contribution in [-0.2, 0) is 16.9 Å². The minimum Gasteiger partial charge on any atom is -0.305 e. The molecule has 170 valence electrons. The van der Waals surface area contributed by atoms with E-state index in [2.05, 4.69) is 5.10 Å². The van der Waals surface area contributed by atoms with E-state index in [9.17, 15) is 19.7 Å². The summed E-state index contributed by atoms with van der Waals surface area (Å²) in [5.74, 6) is -1.21. The summed E-state index contributed by atoms with van der Waals surface area (Å²) in [6, 6.07) is 27.2. The van der Waals surface area contributed by atoms with E-state index in [1.165, 1.54) is 16.9 Å². The second-order valence-electron chi connectivity index (χ2n) is 8.30. The maximum atomic E-state index is 14.5. The summed E-state index contributed by atoms with van der Waals surface area (Å²) in [6.45, 7) is -0.201. The van der Waals surface area contributed by atoms with Gasteiger partial charge in [-0.1, -0.05) is 78.9 Å². The van der Waals surface area contributed by atoms with Crippen molar-refractivity contribution in [1.29, 1.82) is 0 Å². The van der Waals surface area contributed by atoms with Crippen LogP contribution in [0.3, 0.4) is 0 Å². The predicted octanol–water partition coefficient (Wildman–Crippen LogP) is 3.53. The zero-order chi connectivity index (χ0) is 23.7. The number of nitrogens with zero attached hydrogens (tertiary/aromatic N) is 3. The van der Waals surface area contributed by atoms with Gasteiger partial charge in [0.15, 0.2) is 5.54 Å². The SMILES string of the molecule is O=C1N(Cc2ccccc2)c2ccccc2[C@]1([C@@H](C[N+](=O)[O-])c1ccccc1)n1ccc(=O)[nH]1. The molecule has 0 aliphatic carbocycles. The first-order chi connectivity index (χ1) is 16.5. The average Bonchev–Trinajstić information content (AvgIpc) is 3.39. The molecular weight excluding hydrogens is 432 g/mol. The van der Waals surface area contributed by atoms with E-state index in [0.717, 1.165) is 5.56 Å². The molecule has 8 heteroatoms. The lowest BCUT2D eigenvalue weighted by atomic mass is 9.75. The van der Waals surface area contributed by atoms with Crippen LogP contribution in [0.25, 0.3) is 0 Å². The number of benzene rings is 3. The Hall–Kier alpha value is -4.46. The monoisotopic (exact) mass is 454 g/mol. The van der Waals surface area contributed by atoms with Crippen LogP contribution in [0.2, 0.25) is 0 Å². The Morgan fingerprint density at radius 2 is 1.53 bits per heavy atom. The quantitative estimate of drug-likeness (QED) is 0.341. The van der Waals surface area contributed by atoms with Crippen LogP contribution in [0, 0.1) is 10.1 Å². The second-order valence-corrected chi connectivity index (χ2v) is 8.30. The molecule has 1 aliphatic heterocycles. The molecule has 0 bridgehead atoms. The van der Waals surface area contributed by atoms with Gasteiger partial charge in [-0.15, -0.1) is 0 Å². The molecule has 1 aromatic heterocycles. The van der Waals surface area contributed by atoms with Crippen molar-refractivity contribution in [2.75, 3.05) is 11.4 Å². The van der Waals surface area contributed by atoms with Crippen molar-refractivity contribution in [3.05, 3.63) is 134 Å². The first kappa shape index (κ1) is 21.4. The highest BCUT2D eigenvalue weighted by Gasteiger charge is 2.59. The number of nitro groups is 1. The van der Waals surface area contributed by atoms with Crippen molar-refractivity contribution < 1.29 is 9.72 Å². The lowest BCUT2D eigenvalue weighted by molar-refractivity contribution is -0.485. The van der Waals surface area contributed by atoms with Gasteiger partial charge in [0.2, 0.25) is 6.54 Å². The Bertz CT molecular complexity index is 1400. The molecule has 0 unspecified atom stereocenters. The summed E-state index contributed by atoms with van der Waals surface area (Å²) >= 11 is 0. The average molecular weight is 454 g/mol. The summed E-state index contributed by atoms with van der Waals surface area (Å²) in [4.78, 5) is 39.8. The number of carbonyl (C=O) groups is 1. The van der Waals surface area contributed by atoms with Crippen molar-refractivity contribution >= 4 is 11.6 Å². The van der Waals surface area contributed by atoms with Gasteiger partial charge in [0.1, 0.15) is 0 Å². The summed E-state index contributed by atoms with van der Waals surface area (Å²) in [7, 11) is 0. The highest BCUT2D eigenvalue weighted by Crippen LogP contribution is 2.50. The molecule has 2 heterocycles. The van der Waals surface area contributed by atoms with Crippen LogP contribution in [0.5, 0.6) is 0 Å². The molecule has 0 saturated carbocycles. The Labute approximate surface area is 195 Å². The van der Waals surface area contributed by atoms with Gasteiger partial charge in [0.05, 0.1) is 18.2 Å². The largest absolute Gasteiger partial charge is 0.305 e. The molecule has 5 rings (SSSR count). The Kier molecular flexibility index (Phi) is 5.33. The molecule has 0 fully saturated rings. The molecule has 4 aromatic rings. The first-order valence-electron chi connectivity index (χ1n) is 10.9. The van der Waals surface area contributed by atoms with E-state index in [0.29, 0.717) is 23.4 Å². The van der Waals surface area contributed by atoms with E-state index >= 15 is 0 Å². The molecule has 0 saturated heterocycles. The van der Waals surface area contributed by atoms with Crippen LogP contribution in [0.1, 0.15) is 22.6 Å². The predicted molar refractivity (Wildman–Crippen MR) is 127 cm³/mol. The van der Waals surface area contributed by atoms with E-state index < -0.39 is 22.9 Å². The van der Waals surface area contributed by atoms with Gasteiger partial charge in [-0.05, 0) is 17.2 Å². The molecule has 0 radical (unpaired) electrons. The fourth-order valence-electron chi connectivity index (χ4n) is 4.98. The van der Waals surface area contributed by atoms with Crippen LogP contribution < -0.4 is 10.5 Å². The summed E-state index contributed by atoms with van der Waals surface area (Å²) in [5.41, 5.74) is 0.904. The number of hydrogen-bond donors (Lipinski definition) is 1. The maximum Gasteiger partial charge on any atom is 0.264 e. The number of carbonyl (C=O) groups excluding carboxylic acids is 1. The Balaban J connectivity index is 1.79. The minimum absolute atomic E-state index is 0.296. The summed E-state index contributed by atoms with van der Waals surface area (Å²) < 4.78 is 1.45. The lowest BCUT2D eigenvalue weighted by Crippen LogP contribution is -2.52. The molecular formula is C26H22N4O4. The number of nitrogens with one attached hydrogen (secondary N) is 1. The molecule has 34 heavy (non-hydrogen) atoms. The number of H-pyrrole nitrogens is 1. The van der Waals surface area contributed by atoms with Crippen molar-refractivity contribution in [2.45, 2.75) is 18.0 Å². The number of hydrogen-bond acceptors (Lipinski definition) is 4. The van der Waals surface area contributed by atoms with Crippen LogP contribution >= 0.6 is 0 Å². The van der Waals surface area contributed by atoms with Gasteiger partial charge in [0.25, 0.3) is 11.5 Å². The molecule has 8 nitrogen and oxygen atoms in total. The number of aromatic amines is 1. The zero-order valence-electron chi connectivity index (χ0n) is 18.2. The standard InChI is InChI=1S/C26H22N4O4/c31-24-15-16-29(27-24)26(22(18-30(33)34)20-11-5-2-6-12-20)21-13-7-8-14-23(21)28(25(26)32)17-19-9-3-1-4-10-19/h1-16,22H,17-18H2,(H,27,31)/t22-,26+/m0/s1. The molecule has 1 N–H and O–H groups in total. The number of anilines is 1. The van der Waals surface area contributed by atoms with Gasteiger partial charge < -0.3 is 4.90 Å². The van der Waals surface area contributed by atoms with Crippen LogP contribution in [0.15, 0.2) is 102 Å². The van der Waals surface area contributed by atoms with Gasteiger partial charge in [-0.3, -0.25) is 29.5 Å². The normalized spacial score (nSPS) is 18.0. The van der Waals surface area contributed by atoms with E-state index in [1.807, 2.05) is 60.7 Å². The molecule has 2 atom stereocenters. The number of aromatic nitrogens is 2. The third-order valence-corrected chi connectivity index (χ3v) is 6.38. The molecule has 3 aromatic carbocycles. The van der Waals surface area contributed by atoms with Crippen molar-refractivity contribution in [2.24, 2.45) is 0 Å². The van der Waals surface area contributed by atoms with Gasteiger partial charge >= 0.3 is 0 Å². The smallest absolute Gasteiger partial charge is 0.264 e. The van der Waals surface area contributed by atoms with Crippen molar-refractivity contribution in [3.63, 3.8) is 0 Å². The van der Waals surface area contributed by atoms with Gasteiger partial charge in [-0.2, -0.15) is 0 Å². The van der Waals surface area contributed by atoms with E-state index in [4.69, 9.17) is 0 Å². The third kappa shape index (κ3) is 3.40. The number of rotatable bonds is 7. The summed E-state index contributed by atoms with van der Waals surface area (Å²) in [6.07, 6.45) is 1.50. The molecule has 0 spiro atoms. The Morgan fingerprint density at radius 1 is 0.882 bits per heavy atom. The zero-order valence-corrected chi connectivity index (χ0v) is 18.2. The van der Waals surface area contributed by atoms with Crippen molar-refractivity contribution in [1.82, 2.24) is 9.78 Å².